The summed E-state index contributed by atoms with van der Waals surface area (Å²) in [5.41, 5.74) is 2.20. The van der Waals surface area contributed by atoms with Crippen LogP contribution >= 0.6 is 0 Å². The Morgan fingerprint density at radius 2 is 1.90 bits per heavy atom. The van der Waals surface area contributed by atoms with Crippen LogP contribution < -0.4 is 10.6 Å². The Kier molecular flexibility index (Phi) is 3.57. The van der Waals surface area contributed by atoms with E-state index in [-0.39, 0.29) is 18.4 Å². The quantitative estimate of drug-likeness (QED) is 0.832. The van der Waals surface area contributed by atoms with Gasteiger partial charge in [-0.2, -0.15) is 0 Å². The van der Waals surface area contributed by atoms with Gasteiger partial charge in [-0.1, -0.05) is 13.8 Å². The molecule has 2 unspecified atom stereocenters. The number of anilines is 2. The lowest BCUT2D eigenvalue weighted by Crippen LogP contribution is -2.42. The molecule has 0 radical (unpaired) electrons. The smallest absolute Gasteiger partial charge is 0.253 e. The minimum Gasteiger partial charge on any atom is -0.374 e. The lowest BCUT2D eigenvalue weighted by molar-refractivity contribution is -0.114. The summed E-state index contributed by atoms with van der Waals surface area (Å²) in [6.45, 7) is 6.27. The van der Waals surface area contributed by atoms with E-state index in [2.05, 4.69) is 24.5 Å². The number of likely N-dealkylation sites (tertiary alicyclic amines) is 1. The molecule has 3 rings (SSSR count). The van der Waals surface area contributed by atoms with E-state index in [1.54, 1.807) is 6.07 Å². The highest BCUT2D eigenvalue weighted by molar-refractivity contribution is 6.03. The maximum absolute atomic E-state index is 12.7. The van der Waals surface area contributed by atoms with Crippen LogP contribution in [0.1, 0.15) is 30.6 Å². The lowest BCUT2D eigenvalue weighted by atomic mass is 9.91. The molecule has 2 aliphatic rings. The number of nitrogens with one attached hydrogen (secondary N) is 2. The van der Waals surface area contributed by atoms with E-state index >= 15 is 0 Å². The molecule has 2 heterocycles. The maximum Gasteiger partial charge on any atom is 0.253 e. The summed E-state index contributed by atoms with van der Waals surface area (Å²) in [5, 5.41) is 5.84. The first-order chi connectivity index (χ1) is 10.0. The molecule has 1 fully saturated rings. The van der Waals surface area contributed by atoms with Gasteiger partial charge in [0.2, 0.25) is 5.91 Å². The molecule has 112 valence electrons. The van der Waals surface area contributed by atoms with E-state index in [1.165, 1.54) is 6.42 Å². The minimum absolute atomic E-state index is 0.0519. The maximum atomic E-state index is 12.7. The Bertz CT molecular complexity index is 575. The molecule has 1 aromatic rings. The SMILES string of the molecule is CC1CC(C)CN(C(=O)c2ccc3c(c2)NC(=O)CN3)C1. The Morgan fingerprint density at radius 3 is 2.62 bits per heavy atom. The number of hydrogen-bond acceptors (Lipinski definition) is 3. The van der Waals surface area contributed by atoms with Crippen molar-refractivity contribution in [3.63, 3.8) is 0 Å². The number of nitrogens with zero attached hydrogens (tertiary/aromatic N) is 1. The van der Waals surface area contributed by atoms with Crippen LogP contribution in [0.2, 0.25) is 0 Å². The molecule has 2 aliphatic heterocycles. The van der Waals surface area contributed by atoms with Crippen LogP contribution in [0.4, 0.5) is 11.4 Å². The van der Waals surface area contributed by atoms with Crippen molar-refractivity contribution < 1.29 is 9.59 Å². The zero-order valence-corrected chi connectivity index (χ0v) is 12.5. The fourth-order valence-electron chi connectivity index (χ4n) is 3.32. The van der Waals surface area contributed by atoms with Gasteiger partial charge in [-0.15, -0.1) is 0 Å². The highest BCUT2D eigenvalue weighted by Crippen LogP contribution is 2.28. The van der Waals surface area contributed by atoms with Crippen molar-refractivity contribution in [3.05, 3.63) is 23.8 Å². The summed E-state index contributed by atoms with van der Waals surface area (Å²) in [4.78, 5) is 26.0. The fraction of sp³-hybridized carbons (Fsp3) is 0.500. The van der Waals surface area contributed by atoms with Crippen molar-refractivity contribution in [1.29, 1.82) is 0 Å². The molecule has 0 spiro atoms. The number of carbonyl (C=O) groups is 2. The Hall–Kier alpha value is -2.04. The van der Waals surface area contributed by atoms with E-state index in [9.17, 15) is 9.59 Å². The van der Waals surface area contributed by atoms with Crippen LogP contribution in [-0.2, 0) is 4.79 Å². The molecule has 2 atom stereocenters. The third-order valence-electron chi connectivity index (χ3n) is 4.14. The third kappa shape index (κ3) is 2.86. The zero-order valence-electron chi connectivity index (χ0n) is 12.5. The second-order valence-electron chi connectivity index (χ2n) is 6.32. The van der Waals surface area contributed by atoms with Crippen molar-refractivity contribution in [3.8, 4) is 0 Å². The van der Waals surface area contributed by atoms with Crippen LogP contribution in [0.15, 0.2) is 18.2 Å². The highest BCUT2D eigenvalue weighted by Gasteiger charge is 2.26. The predicted molar refractivity (Wildman–Crippen MR) is 82.4 cm³/mol. The molecule has 0 aliphatic carbocycles. The van der Waals surface area contributed by atoms with E-state index in [1.807, 2.05) is 17.0 Å². The summed E-state index contributed by atoms with van der Waals surface area (Å²) < 4.78 is 0. The van der Waals surface area contributed by atoms with Gasteiger partial charge in [0.1, 0.15) is 0 Å². The van der Waals surface area contributed by atoms with Crippen molar-refractivity contribution in [2.45, 2.75) is 20.3 Å². The van der Waals surface area contributed by atoms with Crippen molar-refractivity contribution in [2.75, 3.05) is 30.3 Å². The van der Waals surface area contributed by atoms with Crippen LogP contribution in [-0.4, -0.2) is 36.3 Å². The lowest BCUT2D eigenvalue weighted by Gasteiger charge is -2.35. The minimum atomic E-state index is -0.0766. The highest BCUT2D eigenvalue weighted by atomic mass is 16.2. The average Bonchev–Trinajstić information content (AvgIpc) is 2.44. The number of fused-ring (bicyclic) bond motifs is 1. The number of piperidine rings is 1. The number of hydrogen-bond donors (Lipinski definition) is 2. The van der Waals surface area contributed by atoms with Crippen molar-refractivity contribution >= 4 is 23.2 Å². The van der Waals surface area contributed by atoms with Gasteiger partial charge in [-0.25, -0.2) is 0 Å². The van der Waals surface area contributed by atoms with Gasteiger partial charge in [0.15, 0.2) is 0 Å². The van der Waals surface area contributed by atoms with E-state index in [4.69, 9.17) is 0 Å². The second-order valence-corrected chi connectivity index (χ2v) is 6.32. The standard InChI is InChI=1S/C16H21N3O2/c1-10-5-11(2)9-19(8-10)16(21)12-3-4-13-14(6-12)18-15(20)7-17-13/h3-4,6,10-11,17H,5,7-9H2,1-2H3,(H,18,20). The molecular formula is C16H21N3O2. The van der Waals surface area contributed by atoms with Crippen molar-refractivity contribution in [1.82, 2.24) is 4.90 Å². The predicted octanol–water partition coefficient (Wildman–Crippen LogP) is 2.17. The van der Waals surface area contributed by atoms with Gasteiger partial charge < -0.3 is 15.5 Å². The molecule has 0 bridgehead atoms. The summed E-state index contributed by atoms with van der Waals surface area (Å²) in [6, 6.07) is 5.46. The summed E-state index contributed by atoms with van der Waals surface area (Å²) in [6.07, 6.45) is 1.17. The topological polar surface area (TPSA) is 61.4 Å². The normalized spacial score (nSPS) is 24.9. The van der Waals surface area contributed by atoms with Gasteiger partial charge in [-0.3, -0.25) is 9.59 Å². The van der Waals surface area contributed by atoms with Crippen LogP contribution in [0.3, 0.4) is 0 Å². The Balaban J connectivity index is 1.81. The fourth-order valence-corrected chi connectivity index (χ4v) is 3.32. The summed E-state index contributed by atoms with van der Waals surface area (Å²) >= 11 is 0. The number of carbonyl (C=O) groups excluding carboxylic acids is 2. The Morgan fingerprint density at radius 1 is 1.19 bits per heavy atom. The molecule has 5 heteroatoms. The molecule has 5 nitrogen and oxygen atoms in total. The summed E-state index contributed by atoms with van der Waals surface area (Å²) in [7, 11) is 0. The van der Waals surface area contributed by atoms with Crippen molar-refractivity contribution in [2.24, 2.45) is 11.8 Å². The number of benzene rings is 1. The van der Waals surface area contributed by atoms with Gasteiger partial charge in [0.25, 0.3) is 5.91 Å². The molecule has 0 aromatic heterocycles. The van der Waals surface area contributed by atoms with Gasteiger partial charge in [0, 0.05) is 18.7 Å². The second kappa shape index (κ2) is 5.39. The summed E-state index contributed by atoms with van der Waals surface area (Å²) in [5.74, 6) is 1.05. The first kappa shape index (κ1) is 13.9. The van der Waals surface area contributed by atoms with Gasteiger partial charge >= 0.3 is 0 Å². The molecule has 2 amide bonds. The molecule has 21 heavy (non-hydrogen) atoms. The van der Waals surface area contributed by atoms with E-state index < -0.39 is 0 Å². The molecule has 0 saturated carbocycles. The van der Waals surface area contributed by atoms with Gasteiger partial charge in [-0.05, 0) is 36.5 Å². The third-order valence-corrected chi connectivity index (χ3v) is 4.14. The van der Waals surface area contributed by atoms with Gasteiger partial charge in [0.05, 0.1) is 17.9 Å². The monoisotopic (exact) mass is 287 g/mol. The molecule has 2 N–H and O–H groups in total. The van der Waals surface area contributed by atoms with Crippen LogP contribution in [0, 0.1) is 11.8 Å². The van der Waals surface area contributed by atoms with Crippen LogP contribution in [0.25, 0.3) is 0 Å². The number of rotatable bonds is 1. The van der Waals surface area contributed by atoms with Crippen LogP contribution in [0.5, 0.6) is 0 Å². The first-order valence-corrected chi connectivity index (χ1v) is 7.50. The molecule has 1 aromatic carbocycles. The average molecular weight is 287 g/mol. The molecule has 1 saturated heterocycles. The molecular weight excluding hydrogens is 266 g/mol. The van der Waals surface area contributed by atoms with E-state index in [0.717, 1.165) is 18.8 Å². The Labute approximate surface area is 124 Å². The number of amides is 2. The zero-order chi connectivity index (χ0) is 15.0. The largest absolute Gasteiger partial charge is 0.374 e. The first-order valence-electron chi connectivity index (χ1n) is 7.50. The van der Waals surface area contributed by atoms with E-state index in [0.29, 0.717) is 23.1 Å².